The molecule has 0 fully saturated rings. The third-order valence-electron chi connectivity index (χ3n) is 5.50. The van der Waals surface area contributed by atoms with Crippen molar-refractivity contribution in [2.45, 2.75) is 36.9 Å². The lowest BCUT2D eigenvalue weighted by Crippen LogP contribution is -2.33. The molecule has 34 heavy (non-hydrogen) atoms. The van der Waals surface area contributed by atoms with E-state index in [1.807, 2.05) is 67.5 Å². The molecule has 2 atom stereocenters. The Morgan fingerprint density at radius 3 is 2.50 bits per heavy atom. The molecule has 0 aliphatic heterocycles. The molecule has 7 nitrogen and oxygen atoms in total. The van der Waals surface area contributed by atoms with Crippen molar-refractivity contribution in [2.75, 3.05) is 27.2 Å². The first kappa shape index (κ1) is 25.8. The number of aliphatic hydroxyl groups is 1. The van der Waals surface area contributed by atoms with Crippen molar-refractivity contribution >= 4 is 10.0 Å². The van der Waals surface area contributed by atoms with Crippen LogP contribution in [0.25, 0.3) is 11.1 Å². The van der Waals surface area contributed by atoms with Gasteiger partial charge in [0.2, 0.25) is 10.0 Å². The first-order valence-electron chi connectivity index (χ1n) is 11.3. The maximum atomic E-state index is 13.2. The number of hydrogen-bond donors (Lipinski definition) is 2. The zero-order valence-corrected chi connectivity index (χ0v) is 20.7. The summed E-state index contributed by atoms with van der Waals surface area (Å²) in [6.07, 6.45) is 3.16. The topological polar surface area (TPSA) is 91.8 Å². The molecular weight excluding hydrogens is 450 g/mol. The van der Waals surface area contributed by atoms with Gasteiger partial charge in [-0.3, -0.25) is 4.98 Å². The van der Waals surface area contributed by atoms with Gasteiger partial charge >= 0.3 is 0 Å². The summed E-state index contributed by atoms with van der Waals surface area (Å²) in [6, 6.07) is 18.4. The summed E-state index contributed by atoms with van der Waals surface area (Å²) < 4.78 is 35.3. The predicted molar refractivity (Wildman–Crippen MR) is 134 cm³/mol. The third-order valence-corrected chi connectivity index (χ3v) is 6.99. The number of benzene rings is 2. The number of para-hydroxylation sites is 1. The number of hydrogen-bond acceptors (Lipinski definition) is 6. The van der Waals surface area contributed by atoms with E-state index in [2.05, 4.69) is 9.71 Å². The van der Waals surface area contributed by atoms with E-state index in [4.69, 9.17) is 4.74 Å². The highest BCUT2D eigenvalue weighted by molar-refractivity contribution is 7.89. The number of aliphatic hydroxyl groups excluding tert-OH is 1. The van der Waals surface area contributed by atoms with Crippen molar-refractivity contribution in [3.05, 3.63) is 78.6 Å². The molecule has 1 aromatic heterocycles. The van der Waals surface area contributed by atoms with Crippen LogP contribution in [0, 0.1) is 0 Å². The smallest absolute Gasteiger partial charge is 0.244 e. The quantitative estimate of drug-likeness (QED) is 0.411. The van der Waals surface area contributed by atoms with Gasteiger partial charge in [0.05, 0.1) is 6.10 Å². The second-order valence-electron chi connectivity index (χ2n) is 8.49. The molecular formula is C26H33N3O4S. The Hall–Kier alpha value is -2.78. The number of rotatable bonds is 12. The van der Waals surface area contributed by atoms with Crippen LogP contribution in [0.15, 0.2) is 78.0 Å². The van der Waals surface area contributed by atoms with E-state index in [9.17, 15) is 13.5 Å². The molecule has 0 bridgehead atoms. The summed E-state index contributed by atoms with van der Waals surface area (Å²) in [6.45, 7) is 2.59. The molecule has 0 aliphatic rings. The van der Waals surface area contributed by atoms with E-state index in [0.29, 0.717) is 24.9 Å². The normalized spacial score (nSPS) is 13.6. The van der Waals surface area contributed by atoms with Crippen LogP contribution in [0.4, 0.5) is 0 Å². The average Bonchev–Trinajstić information content (AvgIpc) is 2.83. The first-order valence-corrected chi connectivity index (χ1v) is 12.8. The van der Waals surface area contributed by atoms with Gasteiger partial charge in [-0.1, -0.05) is 48.5 Å². The highest BCUT2D eigenvalue weighted by Crippen LogP contribution is 2.37. The monoisotopic (exact) mass is 483 g/mol. The van der Waals surface area contributed by atoms with E-state index in [1.54, 1.807) is 25.4 Å². The molecule has 0 spiro atoms. The van der Waals surface area contributed by atoms with Gasteiger partial charge in [0, 0.05) is 31.0 Å². The van der Waals surface area contributed by atoms with Gasteiger partial charge in [0.25, 0.3) is 0 Å². The summed E-state index contributed by atoms with van der Waals surface area (Å²) in [5.41, 5.74) is 2.51. The Morgan fingerprint density at radius 2 is 1.82 bits per heavy atom. The maximum absolute atomic E-state index is 13.2. The van der Waals surface area contributed by atoms with Gasteiger partial charge in [-0.25, -0.2) is 13.1 Å². The first-order chi connectivity index (χ1) is 16.3. The highest BCUT2D eigenvalue weighted by atomic mass is 32.2. The summed E-state index contributed by atoms with van der Waals surface area (Å²) in [5, 5.41) is 10.8. The fraction of sp³-hybridized carbons (Fsp3) is 0.346. The molecule has 2 unspecified atom stereocenters. The van der Waals surface area contributed by atoms with Gasteiger partial charge in [-0.15, -0.1) is 0 Å². The van der Waals surface area contributed by atoms with E-state index in [1.165, 1.54) is 6.07 Å². The molecule has 2 aromatic carbocycles. The largest absolute Gasteiger partial charge is 0.486 e. The minimum atomic E-state index is -3.84. The molecule has 0 saturated heterocycles. The zero-order chi connectivity index (χ0) is 24.6. The van der Waals surface area contributed by atoms with Crippen molar-refractivity contribution in [2.24, 2.45) is 0 Å². The predicted octanol–water partition coefficient (Wildman–Crippen LogP) is 3.35. The van der Waals surface area contributed by atoms with Crippen LogP contribution in [0.2, 0.25) is 0 Å². The lowest BCUT2D eigenvalue weighted by Gasteiger charge is -2.24. The summed E-state index contributed by atoms with van der Waals surface area (Å²) in [4.78, 5) is 6.06. The van der Waals surface area contributed by atoms with Gasteiger partial charge in [0.1, 0.15) is 16.7 Å². The fourth-order valence-electron chi connectivity index (χ4n) is 3.54. The number of likely N-dealkylation sites (N-methyl/N-ethyl adjacent to an activating group) is 1. The molecule has 0 aliphatic carbocycles. The minimum absolute atomic E-state index is 0.0546. The zero-order valence-electron chi connectivity index (χ0n) is 19.9. The number of nitrogens with zero attached hydrogens (tertiary/aromatic N) is 2. The van der Waals surface area contributed by atoms with Gasteiger partial charge < -0.3 is 14.7 Å². The summed E-state index contributed by atoms with van der Waals surface area (Å²) in [7, 11) is -0.0705. The SMILES string of the molecule is CC(Oc1c(-c2ccccc2)cccc1S(=O)(=O)NCCN(C)C)C(O)CCc1cccnc1. The maximum Gasteiger partial charge on any atom is 0.244 e. The summed E-state index contributed by atoms with van der Waals surface area (Å²) in [5.74, 6) is 0.235. The minimum Gasteiger partial charge on any atom is -0.486 e. The van der Waals surface area contributed by atoms with Crippen molar-refractivity contribution < 1.29 is 18.3 Å². The van der Waals surface area contributed by atoms with Crippen molar-refractivity contribution in [1.82, 2.24) is 14.6 Å². The number of nitrogens with one attached hydrogen (secondary N) is 1. The van der Waals surface area contributed by atoms with Crippen LogP contribution in [-0.4, -0.2) is 62.8 Å². The fourth-order valence-corrected chi connectivity index (χ4v) is 4.71. The molecule has 2 N–H and O–H groups in total. The number of aromatic nitrogens is 1. The third kappa shape index (κ3) is 7.11. The second kappa shape index (κ2) is 12.1. The Morgan fingerprint density at radius 1 is 1.06 bits per heavy atom. The van der Waals surface area contributed by atoms with Crippen LogP contribution in [0.3, 0.4) is 0 Å². The average molecular weight is 484 g/mol. The van der Waals surface area contributed by atoms with Crippen LogP contribution in [-0.2, 0) is 16.4 Å². The van der Waals surface area contributed by atoms with Crippen LogP contribution in [0.5, 0.6) is 5.75 Å². The van der Waals surface area contributed by atoms with Crippen LogP contribution >= 0.6 is 0 Å². The van der Waals surface area contributed by atoms with Crippen molar-refractivity contribution in [1.29, 1.82) is 0 Å². The molecule has 0 radical (unpaired) electrons. The molecule has 0 amide bonds. The van der Waals surface area contributed by atoms with E-state index >= 15 is 0 Å². The Kier molecular flexibility index (Phi) is 9.18. The molecule has 1 heterocycles. The molecule has 182 valence electrons. The van der Waals surface area contributed by atoms with Crippen molar-refractivity contribution in [3.63, 3.8) is 0 Å². The molecule has 0 saturated carbocycles. The number of sulfonamides is 1. The highest BCUT2D eigenvalue weighted by Gasteiger charge is 2.26. The Balaban J connectivity index is 1.88. The molecule has 3 aromatic rings. The summed E-state index contributed by atoms with van der Waals surface area (Å²) >= 11 is 0. The number of aryl methyl sites for hydroxylation is 1. The van der Waals surface area contributed by atoms with Gasteiger partial charge in [-0.05, 0) is 57.1 Å². The van der Waals surface area contributed by atoms with Gasteiger partial charge in [-0.2, -0.15) is 0 Å². The number of pyridine rings is 1. The van der Waals surface area contributed by atoms with Crippen molar-refractivity contribution in [3.8, 4) is 16.9 Å². The Labute approximate surface area is 202 Å². The van der Waals surface area contributed by atoms with E-state index in [0.717, 1.165) is 11.1 Å². The van der Waals surface area contributed by atoms with E-state index < -0.39 is 22.2 Å². The van der Waals surface area contributed by atoms with Gasteiger partial charge in [0.15, 0.2) is 0 Å². The lowest BCUT2D eigenvalue weighted by atomic mass is 10.0. The molecule has 3 rings (SSSR count). The van der Waals surface area contributed by atoms with Crippen LogP contribution in [0.1, 0.15) is 18.9 Å². The lowest BCUT2D eigenvalue weighted by molar-refractivity contribution is 0.0407. The standard InChI is InChI=1S/C26H33N3O4S/c1-20(24(30)15-14-21-9-8-16-27-19-21)33-26-23(22-10-5-4-6-11-22)12-7-13-25(26)34(31,32)28-17-18-29(2)3/h4-13,16,19-20,24,28,30H,14-15,17-18H2,1-3H3. The molecule has 8 heteroatoms. The van der Waals surface area contributed by atoms with E-state index in [-0.39, 0.29) is 17.2 Å². The second-order valence-corrected chi connectivity index (χ2v) is 10.2. The number of ether oxygens (including phenoxy) is 1. The van der Waals surface area contributed by atoms with Crippen LogP contribution < -0.4 is 9.46 Å². The Bertz CT molecular complexity index is 1140.